The van der Waals surface area contributed by atoms with Gasteiger partial charge in [-0.15, -0.1) is 0 Å². The molecule has 2 heterocycles. The molecular formula is C16H29N3O. The van der Waals surface area contributed by atoms with E-state index in [9.17, 15) is 0 Å². The highest BCUT2D eigenvalue weighted by Gasteiger charge is 2.27. The van der Waals surface area contributed by atoms with E-state index in [1.165, 1.54) is 25.9 Å². The summed E-state index contributed by atoms with van der Waals surface area (Å²) in [5.74, 6) is 2.72. The zero-order valence-corrected chi connectivity index (χ0v) is 13.3. The maximum Gasteiger partial charge on any atom is 0.122 e. The minimum Gasteiger partial charge on any atom is -0.465 e. The van der Waals surface area contributed by atoms with Crippen LogP contribution in [0.4, 0.5) is 0 Å². The summed E-state index contributed by atoms with van der Waals surface area (Å²) in [7, 11) is 4.38. The van der Waals surface area contributed by atoms with Crippen LogP contribution in [0.15, 0.2) is 16.5 Å². The smallest absolute Gasteiger partial charge is 0.122 e. The molecule has 0 spiro atoms. The molecule has 2 N–H and O–H groups in total. The van der Waals surface area contributed by atoms with Gasteiger partial charge in [-0.3, -0.25) is 4.90 Å². The summed E-state index contributed by atoms with van der Waals surface area (Å²) >= 11 is 0. The summed E-state index contributed by atoms with van der Waals surface area (Å²) in [6, 6.07) is 4.32. The molecule has 1 aliphatic heterocycles. The fraction of sp³-hybridized carbons (Fsp3) is 0.750. The lowest BCUT2D eigenvalue weighted by Crippen LogP contribution is -2.41. The SMILES string of the molecule is Cc1ccc(C(C(C)N)N(C)CC2CCN(C)CC2)o1. The molecule has 0 bridgehead atoms. The Morgan fingerprint density at radius 2 is 2.05 bits per heavy atom. The Labute approximate surface area is 122 Å². The number of furan rings is 1. The van der Waals surface area contributed by atoms with Crippen molar-refractivity contribution in [3.8, 4) is 0 Å². The Balaban J connectivity index is 1.98. The second kappa shape index (κ2) is 6.74. The molecule has 0 aliphatic carbocycles. The predicted molar refractivity (Wildman–Crippen MR) is 82.7 cm³/mol. The Morgan fingerprint density at radius 3 is 2.55 bits per heavy atom. The van der Waals surface area contributed by atoms with Crippen LogP contribution in [0.5, 0.6) is 0 Å². The number of hydrogen-bond acceptors (Lipinski definition) is 4. The van der Waals surface area contributed by atoms with Crippen LogP contribution < -0.4 is 5.73 Å². The fourth-order valence-corrected chi connectivity index (χ4v) is 3.26. The first-order chi connectivity index (χ1) is 9.47. The normalized spacial score (nSPS) is 21.3. The summed E-state index contributed by atoms with van der Waals surface area (Å²) in [5, 5.41) is 0. The molecule has 1 aliphatic rings. The number of nitrogens with zero attached hydrogens (tertiary/aromatic N) is 2. The highest BCUT2D eigenvalue weighted by atomic mass is 16.3. The van der Waals surface area contributed by atoms with Crippen molar-refractivity contribution in [2.75, 3.05) is 33.7 Å². The van der Waals surface area contributed by atoms with E-state index >= 15 is 0 Å². The molecule has 1 saturated heterocycles. The summed E-state index contributed by atoms with van der Waals surface area (Å²) < 4.78 is 5.80. The molecule has 0 radical (unpaired) electrons. The van der Waals surface area contributed by atoms with Crippen LogP contribution >= 0.6 is 0 Å². The van der Waals surface area contributed by atoms with Crippen molar-refractivity contribution in [2.24, 2.45) is 11.7 Å². The van der Waals surface area contributed by atoms with Gasteiger partial charge >= 0.3 is 0 Å². The number of rotatable bonds is 5. The average molecular weight is 279 g/mol. The van der Waals surface area contributed by atoms with E-state index in [2.05, 4.69) is 36.9 Å². The first-order valence-corrected chi connectivity index (χ1v) is 7.68. The van der Waals surface area contributed by atoms with Crippen molar-refractivity contribution in [1.29, 1.82) is 0 Å². The van der Waals surface area contributed by atoms with Gasteiger partial charge in [-0.05, 0) is 71.9 Å². The van der Waals surface area contributed by atoms with Crippen LogP contribution in [-0.4, -0.2) is 49.6 Å². The Kier molecular flexibility index (Phi) is 5.24. The van der Waals surface area contributed by atoms with Crippen molar-refractivity contribution >= 4 is 0 Å². The van der Waals surface area contributed by atoms with Crippen molar-refractivity contribution in [3.63, 3.8) is 0 Å². The molecule has 1 fully saturated rings. The molecule has 4 nitrogen and oxygen atoms in total. The van der Waals surface area contributed by atoms with Crippen LogP contribution in [-0.2, 0) is 0 Å². The van der Waals surface area contributed by atoms with Gasteiger partial charge in [0.15, 0.2) is 0 Å². The van der Waals surface area contributed by atoms with Crippen molar-refractivity contribution < 1.29 is 4.42 Å². The molecule has 0 amide bonds. The standard InChI is InChI=1S/C16H29N3O/c1-12-5-6-15(20-12)16(13(2)17)19(4)11-14-7-9-18(3)10-8-14/h5-6,13-14,16H,7-11,17H2,1-4H3. The minimum atomic E-state index is 0.0665. The zero-order chi connectivity index (χ0) is 14.7. The van der Waals surface area contributed by atoms with Gasteiger partial charge in [0, 0.05) is 12.6 Å². The van der Waals surface area contributed by atoms with Crippen LogP contribution in [0.3, 0.4) is 0 Å². The summed E-state index contributed by atoms with van der Waals surface area (Å²) in [6.45, 7) is 7.56. The molecule has 1 aromatic heterocycles. The van der Waals surface area contributed by atoms with Crippen LogP contribution in [0, 0.1) is 12.8 Å². The van der Waals surface area contributed by atoms with E-state index < -0.39 is 0 Å². The Hall–Kier alpha value is -0.840. The van der Waals surface area contributed by atoms with Gasteiger partial charge in [0.1, 0.15) is 11.5 Å². The number of piperidine rings is 1. The quantitative estimate of drug-likeness (QED) is 0.898. The Morgan fingerprint density at radius 1 is 1.40 bits per heavy atom. The van der Waals surface area contributed by atoms with Crippen LogP contribution in [0.2, 0.25) is 0 Å². The molecule has 20 heavy (non-hydrogen) atoms. The molecule has 4 heteroatoms. The topological polar surface area (TPSA) is 45.6 Å². The average Bonchev–Trinajstić information content (AvgIpc) is 2.78. The van der Waals surface area contributed by atoms with Gasteiger partial charge in [-0.25, -0.2) is 0 Å². The third-order valence-electron chi connectivity index (χ3n) is 4.41. The van der Waals surface area contributed by atoms with Gasteiger partial charge in [0.05, 0.1) is 6.04 Å². The molecule has 114 valence electrons. The summed E-state index contributed by atoms with van der Waals surface area (Å²) in [6.07, 6.45) is 2.56. The summed E-state index contributed by atoms with van der Waals surface area (Å²) in [5.41, 5.74) is 6.20. The first-order valence-electron chi connectivity index (χ1n) is 7.68. The van der Waals surface area contributed by atoms with E-state index in [4.69, 9.17) is 10.2 Å². The Bertz CT molecular complexity index is 408. The summed E-state index contributed by atoms with van der Waals surface area (Å²) in [4.78, 5) is 4.79. The lowest BCUT2D eigenvalue weighted by atomic mass is 9.95. The molecule has 0 aromatic carbocycles. The number of nitrogens with two attached hydrogens (primary N) is 1. The fourth-order valence-electron chi connectivity index (χ4n) is 3.26. The highest BCUT2D eigenvalue weighted by molar-refractivity contribution is 5.11. The van der Waals surface area contributed by atoms with Gasteiger partial charge < -0.3 is 15.1 Å². The lowest BCUT2D eigenvalue weighted by molar-refractivity contribution is 0.128. The molecule has 2 atom stereocenters. The molecule has 0 saturated carbocycles. The van der Waals surface area contributed by atoms with Gasteiger partial charge in [0.25, 0.3) is 0 Å². The molecule has 2 rings (SSSR count). The minimum absolute atomic E-state index is 0.0665. The van der Waals surface area contributed by atoms with Crippen molar-refractivity contribution in [3.05, 3.63) is 23.7 Å². The maximum absolute atomic E-state index is 6.20. The molecule has 2 unspecified atom stereocenters. The highest BCUT2D eigenvalue weighted by Crippen LogP contribution is 2.27. The van der Waals surface area contributed by atoms with E-state index in [1.807, 2.05) is 13.0 Å². The lowest BCUT2D eigenvalue weighted by Gasteiger charge is -2.35. The van der Waals surface area contributed by atoms with E-state index in [1.54, 1.807) is 0 Å². The number of likely N-dealkylation sites (N-methyl/N-ethyl adjacent to an activating group) is 1. The van der Waals surface area contributed by atoms with Gasteiger partial charge in [0.2, 0.25) is 0 Å². The maximum atomic E-state index is 6.20. The van der Waals surface area contributed by atoms with Gasteiger partial charge in [-0.1, -0.05) is 0 Å². The second-order valence-electron chi connectivity index (χ2n) is 6.44. The monoisotopic (exact) mass is 279 g/mol. The van der Waals surface area contributed by atoms with Crippen LogP contribution in [0.1, 0.15) is 37.3 Å². The number of hydrogen-bond donors (Lipinski definition) is 1. The van der Waals surface area contributed by atoms with Crippen LogP contribution in [0.25, 0.3) is 0 Å². The largest absolute Gasteiger partial charge is 0.465 e. The molecular weight excluding hydrogens is 250 g/mol. The first kappa shape index (κ1) is 15.5. The third kappa shape index (κ3) is 3.84. The number of aryl methyl sites for hydroxylation is 1. The predicted octanol–water partition coefficient (Wildman–Crippen LogP) is 2.25. The second-order valence-corrected chi connectivity index (χ2v) is 6.44. The third-order valence-corrected chi connectivity index (χ3v) is 4.41. The van der Waals surface area contributed by atoms with E-state index in [0.29, 0.717) is 0 Å². The van der Waals surface area contributed by atoms with E-state index in [-0.39, 0.29) is 12.1 Å². The van der Waals surface area contributed by atoms with Crippen molar-refractivity contribution in [2.45, 2.75) is 38.8 Å². The van der Waals surface area contributed by atoms with E-state index in [0.717, 1.165) is 24.0 Å². The molecule has 1 aromatic rings. The number of likely N-dealkylation sites (tertiary alicyclic amines) is 1. The van der Waals surface area contributed by atoms with Gasteiger partial charge in [-0.2, -0.15) is 0 Å². The zero-order valence-electron chi connectivity index (χ0n) is 13.3. The van der Waals surface area contributed by atoms with Crippen molar-refractivity contribution in [1.82, 2.24) is 9.80 Å².